The van der Waals surface area contributed by atoms with Gasteiger partial charge in [-0.1, -0.05) is 29.8 Å². The zero-order chi connectivity index (χ0) is 14.5. The number of carboxylic acid groups (broad SMARTS) is 1. The fourth-order valence-corrected chi connectivity index (χ4v) is 2.14. The molecule has 0 aliphatic rings. The Bertz CT molecular complexity index is 628. The highest BCUT2D eigenvalue weighted by molar-refractivity contribution is 6.31. The number of hydrogen-bond donors (Lipinski definition) is 2. The number of halogens is 1. The Kier molecular flexibility index (Phi) is 4.48. The molecule has 0 radical (unpaired) electrons. The lowest BCUT2D eigenvalue weighted by molar-refractivity contribution is 0.0698. The average Bonchev–Trinajstić information content (AvgIpc) is 2.46. The van der Waals surface area contributed by atoms with E-state index in [-0.39, 0.29) is 5.56 Å². The minimum absolute atomic E-state index is 0.221. The summed E-state index contributed by atoms with van der Waals surface area (Å²) in [5, 5.41) is 12.8. The summed E-state index contributed by atoms with van der Waals surface area (Å²) in [6.45, 7) is 0.382. The lowest BCUT2D eigenvalue weighted by Gasteiger charge is -2.13. The smallest absolute Gasteiger partial charge is 0.337 e. The van der Waals surface area contributed by atoms with Gasteiger partial charge in [0.05, 0.1) is 12.7 Å². The molecule has 0 unspecified atom stereocenters. The summed E-state index contributed by atoms with van der Waals surface area (Å²) < 4.78 is 5.25. The monoisotopic (exact) mass is 291 g/mol. The quantitative estimate of drug-likeness (QED) is 0.882. The van der Waals surface area contributed by atoms with Crippen LogP contribution < -0.4 is 10.1 Å². The van der Waals surface area contributed by atoms with Gasteiger partial charge in [-0.2, -0.15) is 0 Å². The van der Waals surface area contributed by atoms with Crippen LogP contribution in [0.15, 0.2) is 42.5 Å². The molecule has 5 heteroatoms. The average molecular weight is 292 g/mol. The van der Waals surface area contributed by atoms with Gasteiger partial charge in [-0.05, 0) is 24.3 Å². The van der Waals surface area contributed by atoms with Crippen LogP contribution in [0, 0.1) is 0 Å². The minimum atomic E-state index is -0.973. The summed E-state index contributed by atoms with van der Waals surface area (Å²) in [5.74, 6) is -0.308. The number of hydrogen-bond acceptors (Lipinski definition) is 3. The van der Waals surface area contributed by atoms with Crippen LogP contribution in [-0.4, -0.2) is 18.2 Å². The number of benzene rings is 2. The van der Waals surface area contributed by atoms with Gasteiger partial charge in [0.15, 0.2) is 0 Å². The highest BCUT2D eigenvalue weighted by Gasteiger charge is 2.11. The Balaban J connectivity index is 2.24. The normalized spacial score (nSPS) is 10.1. The molecule has 0 aliphatic carbocycles. The van der Waals surface area contributed by atoms with Crippen LogP contribution in [0.3, 0.4) is 0 Å². The van der Waals surface area contributed by atoms with Gasteiger partial charge < -0.3 is 15.2 Å². The Morgan fingerprint density at radius 1 is 1.25 bits per heavy atom. The van der Waals surface area contributed by atoms with Gasteiger partial charge in [-0.25, -0.2) is 4.79 Å². The van der Waals surface area contributed by atoms with Gasteiger partial charge in [-0.3, -0.25) is 0 Å². The van der Waals surface area contributed by atoms with Crippen molar-refractivity contribution < 1.29 is 14.6 Å². The van der Waals surface area contributed by atoms with E-state index in [4.69, 9.17) is 21.4 Å². The standard InChI is InChI=1S/C15H14ClNO3/c1-20-14-8-4-6-12(16)11(14)9-17-13-7-3-2-5-10(13)15(18)19/h2-8,17H,9H2,1H3,(H,18,19). The maximum Gasteiger partial charge on any atom is 0.337 e. The van der Waals surface area contributed by atoms with Crippen LogP contribution in [0.5, 0.6) is 5.75 Å². The summed E-state index contributed by atoms with van der Waals surface area (Å²) in [7, 11) is 1.57. The van der Waals surface area contributed by atoms with E-state index in [1.54, 1.807) is 43.5 Å². The zero-order valence-electron chi connectivity index (χ0n) is 10.9. The highest BCUT2D eigenvalue weighted by atomic mass is 35.5. The van der Waals surface area contributed by atoms with E-state index in [2.05, 4.69) is 5.32 Å². The molecule has 0 aliphatic heterocycles. The lowest BCUT2D eigenvalue weighted by Crippen LogP contribution is -2.07. The van der Waals surface area contributed by atoms with Crippen LogP contribution in [0.4, 0.5) is 5.69 Å². The number of carbonyl (C=O) groups is 1. The molecule has 2 rings (SSSR count). The molecule has 2 aromatic rings. The van der Waals surface area contributed by atoms with E-state index in [0.717, 1.165) is 5.56 Å². The number of rotatable bonds is 5. The Morgan fingerprint density at radius 2 is 2.00 bits per heavy atom. The fraction of sp³-hybridized carbons (Fsp3) is 0.133. The van der Waals surface area contributed by atoms with Crippen molar-refractivity contribution >= 4 is 23.3 Å². The summed E-state index contributed by atoms with van der Waals surface area (Å²) in [4.78, 5) is 11.1. The summed E-state index contributed by atoms with van der Waals surface area (Å²) in [5.41, 5.74) is 1.55. The highest BCUT2D eigenvalue weighted by Crippen LogP contribution is 2.27. The maximum absolute atomic E-state index is 11.1. The van der Waals surface area contributed by atoms with Gasteiger partial charge in [0.2, 0.25) is 0 Å². The third-order valence-electron chi connectivity index (χ3n) is 2.91. The number of carboxylic acids is 1. The first-order valence-corrected chi connectivity index (χ1v) is 6.39. The number of ether oxygens (including phenoxy) is 1. The summed E-state index contributed by atoms with van der Waals surface area (Å²) in [6, 6.07) is 12.1. The van der Waals surface area contributed by atoms with Crippen LogP contribution >= 0.6 is 11.6 Å². The van der Waals surface area contributed by atoms with Crippen LogP contribution in [0.1, 0.15) is 15.9 Å². The molecule has 0 saturated carbocycles. The van der Waals surface area contributed by atoms with Gasteiger partial charge in [0.25, 0.3) is 0 Å². The molecule has 2 aromatic carbocycles. The molecule has 0 aromatic heterocycles. The third kappa shape index (κ3) is 3.03. The Hall–Kier alpha value is -2.20. The van der Waals surface area contributed by atoms with Crippen LogP contribution in [-0.2, 0) is 6.54 Å². The molecule has 20 heavy (non-hydrogen) atoms. The molecule has 0 bridgehead atoms. The van der Waals surface area contributed by atoms with Gasteiger partial charge >= 0.3 is 5.97 Å². The second-order valence-electron chi connectivity index (χ2n) is 4.12. The van der Waals surface area contributed by atoms with E-state index in [1.165, 1.54) is 0 Å². The van der Waals surface area contributed by atoms with Crippen LogP contribution in [0.2, 0.25) is 5.02 Å². The number of para-hydroxylation sites is 1. The van der Waals surface area contributed by atoms with Crippen molar-refractivity contribution in [1.82, 2.24) is 0 Å². The molecule has 0 atom stereocenters. The molecule has 0 heterocycles. The zero-order valence-corrected chi connectivity index (χ0v) is 11.6. The van der Waals surface area contributed by atoms with E-state index < -0.39 is 5.97 Å². The van der Waals surface area contributed by atoms with Crippen molar-refractivity contribution in [2.75, 3.05) is 12.4 Å². The second-order valence-corrected chi connectivity index (χ2v) is 4.53. The summed E-state index contributed by atoms with van der Waals surface area (Å²) in [6.07, 6.45) is 0. The molecule has 4 nitrogen and oxygen atoms in total. The number of aromatic carboxylic acids is 1. The van der Waals surface area contributed by atoms with Gasteiger partial charge in [0.1, 0.15) is 5.75 Å². The van der Waals surface area contributed by atoms with Crippen LogP contribution in [0.25, 0.3) is 0 Å². The topological polar surface area (TPSA) is 58.6 Å². The Labute approximate surface area is 122 Å². The number of methoxy groups -OCH3 is 1. The number of nitrogens with one attached hydrogen (secondary N) is 1. The van der Waals surface area contributed by atoms with Gasteiger partial charge in [0, 0.05) is 22.8 Å². The van der Waals surface area contributed by atoms with E-state index in [0.29, 0.717) is 23.0 Å². The van der Waals surface area contributed by atoms with Crippen molar-refractivity contribution in [3.05, 3.63) is 58.6 Å². The van der Waals surface area contributed by atoms with Crippen molar-refractivity contribution in [2.24, 2.45) is 0 Å². The third-order valence-corrected chi connectivity index (χ3v) is 3.26. The predicted molar refractivity (Wildman–Crippen MR) is 78.7 cm³/mol. The first-order chi connectivity index (χ1) is 9.63. The van der Waals surface area contributed by atoms with Crippen molar-refractivity contribution in [1.29, 1.82) is 0 Å². The fourth-order valence-electron chi connectivity index (χ4n) is 1.91. The van der Waals surface area contributed by atoms with Crippen molar-refractivity contribution in [3.63, 3.8) is 0 Å². The maximum atomic E-state index is 11.1. The summed E-state index contributed by atoms with van der Waals surface area (Å²) >= 11 is 6.14. The van der Waals surface area contributed by atoms with Crippen molar-refractivity contribution in [2.45, 2.75) is 6.54 Å². The molecule has 0 saturated heterocycles. The molecular formula is C15H14ClNO3. The first-order valence-electron chi connectivity index (χ1n) is 6.01. The molecule has 2 N–H and O–H groups in total. The predicted octanol–water partition coefficient (Wildman–Crippen LogP) is 3.66. The van der Waals surface area contributed by atoms with E-state index >= 15 is 0 Å². The first kappa shape index (κ1) is 14.2. The molecule has 0 spiro atoms. The van der Waals surface area contributed by atoms with E-state index in [1.807, 2.05) is 6.07 Å². The second kappa shape index (κ2) is 6.30. The largest absolute Gasteiger partial charge is 0.496 e. The SMILES string of the molecule is COc1cccc(Cl)c1CNc1ccccc1C(=O)O. The minimum Gasteiger partial charge on any atom is -0.496 e. The van der Waals surface area contributed by atoms with Gasteiger partial charge in [-0.15, -0.1) is 0 Å². The lowest BCUT2D eigenvalue weighted by atomic mass is 10.1. The molecule has 0 amide bonds. The molecular weight excluding hydrogens is 278 g/mol. The van der Waals surface area contributed by atoms with E-state index in [9.17, 15) is 4.79 Å². The number of anilines is 1. The Morgan fingerprint density at radius 3 is 2.70 bits per heavy atom. The molecule has 104 valence electrons. The van der Waals surface area contributed by atoms with Crippen molar-refractivity contribution in [3.8, 4) is 5.75 Å². The molecule has 0 fully saturated rings.